The molecule has 1 atom stereocenters. The van der Waals surface area contributed by atoms with Gasteiger partial charge in [0.1, 0.15) is 0 Å². The summed E-state index contributed by atoms with van der Waals surface area (Å²) in [5.74, 6) is 0. The van der Waals surface area contributed by atoms with Gasteiger partial charge in [0.2, 0.25) is 0 Å². The van der Waals surface area contributed by atoms with Gasteiger partial charge in [0.15, 0.2) is 0 Å². The molecule has 0 amide bonds. The van der Waals surface area contributed by atoms with Crippen molar-refractivity contribution in [2.75, 3.05) is 0 Å². The third-order valence-corrected chi connectivity index (χ3v) is 28.7. The Labute approximate surface area is 468 Å². The van der Waals surface area contributed by atoms with Crippen LogP contribution in [0.5, 0.6) is 0 Å². The van der Waals surface area contributed by atoms with Gasteiger partial charge in [-0.3, -0.25) is 0 Å². The summed E-state index contributed by atoms with van der Waals surface area (Å²) in [4.78, 5) is 0. The zero-order valence-corrected chi connectivity index (χ0v) is 48.9. The summed E-state index contributed by atoms with van der Waals surface area (Å²) in [5.41, 5.74) is 2.45. The van der Waals surface area contributed by atoms with Crippen LogP contribution in [0.4, 0.5) is 0 Å². The van der Waals surface area contributed by atoms with Gasteiger partial charge in [-0.1, -0.05) is 0 Å². The van der Waals surface area contributed by atoms with Crippen LogP contribution in [0.15, 0.2) is 243 Å². The second-order valence-corrected chi connectivity index (χ2v) is 31.7. The predicted octanol–water partition coefficient (Wildman–Crippen LogP) is 14.1. The van der Waals surface area contributed by atoms with Gasteiger partial charge in [-0.05, 0) is 0 Å². The van der Waals surface area contributed by atoms with Crippen molar-refractivity contribution in [3.63, 3.8) is 0 Å². The Morgan fingerprint density at radius 3 is 1.27 bits per heavy atom. The fraction of sp³-hybridized carbons (Fsp3) is 0. The van der Waals surface area contributed by atoms with Crippen LogP contribution in [-0.4, -0.2) is 65.8 Å². The fourth-order valence-corrected chi connectivity index (χ4v) is 25.2. The van der Waals surface area contributed by atoms with E-state index in [0.29, 0.717) is 29.0 Å². The molecule has 0 saturated carbocycles. The van der Waals surface area contributed by atoms with Crippen LogP contribution in [-0.2, 0) is 0 Å². The van der Waals surface area contributed by atoms with E-state index < -0.39 is 28.5 Å². The van der Waals surface area contributed by atoms with Crippen molar-refractivity contribution in [2.24, 2.45) is 0 Å². The molecule has 0 saturated heterocycles. The summed E-state index contributed by atoms with van der Waals surface area (Å²) in [6.07, 6.45) is 0. The molecule has 78 heavy (non-hydrogen) atoms. The Hall–Kier alpha value is -7.36. The van der Waals surface area contributed by atoms with E-state index >= 15 is 0 Å². The maximum absolute atomic E-state index is 10.9. The minimum atomic E-state index is -2.11. The molecule has 2 aliphatic rings. The monoisotopic (exact) mass is 1260 g/mol. The van der Waals surface area contributed by atoms with Gasteiger partial charge in [0, 0.05) is 0 Å². The normalized spacial score (nSPS) is 14.5. The molecule has 2 N–H and O–H groups in total. The maximum atomic E-state index is 10.9. The molecule has 2 aromatic heterocycles. The molecule has 0 aliphatic carbocycles. The first-order valence-corrected chi connectivity index (χ1v) is 35.2. The van der Waals surface area contributed by atoms with Crippen LogP contribution in [0, 0.1) is 0 Å². The summed E-state index contributed by atoms with van der Waals surface area (Å²) < 4.78 is 32.5. The van der Waals surface area contributed by atoms with E-state index in [1.807, 2.05) is 24.3 Å². The Bertz CT molecular complexity index is 5260. The molecule has 0 fully saturated rings. The molecular weight excluding hydrogens is 1210 g/mol. The van der Waals surface area contributed by atoms with Gasteiger partial charge in [-0.2, -0.15) is 0 Å². The van der Waals surface area contributed by atoms with E-state index in [1.54, 1.807) is 12.8 Å². The third-order valence-electron chi connectivity index (χ3n) is 16.6. The molecule has 0 spiro atoms. The fourth-order valence-electron chi connectivity index (χ4n) is 13.3. The standard InChI is InChI=1S/C20H12OSe.C20H10Se.C16H12OSe.C16H10Se/c21-22-15-9-7-11-3-1-5-13-14-6-2-4-12-8-10-16(22)20(18(12)14)19(15)17(11)13;1-3-11-7-9-15-19-17(11)13(5-1)14-6-2-4-12-8-10-16(21-15)20(19)18(12)14;17-18-15-8-4-3-7-13(15)14-10-9-11-5-1-2-6-12(11)16(14)18;1-2-6-12-11(5-1)9-10-14-13-7-3-4-8-15(13)17-16(12)14/h1-10,21-22H;1-10H;1-10,17-18H;1-10H. The van der Waals surface area contributed by atoms with E-state index in [1.165, 1.54) is 147 Å². The van der Waals surface area contributed by atoms with E-state index in [0.717, 1.165) is 4.46 Å². The molecule has 0 bridgehead atoms. The second kappa shape index (κ2) is 17.6. The average molecular weight is 1260 g/mol. The van der Waals surface area contributed by atoms with Crippen LogP contribution >= 0.6 is 0 Å². The minimum absolute atomic E-state index is 0.456. The van der Waals surface area contributed by atoms with Crippen LogP contribution in [0.1, 0.15) is 0 Å². The van der Waals surface area contributed by atoms with Crippen molar-refractivity contribution >= 4 is 211 Å². The topological polar surface area (TPSA) is 40.5 Å². The summed E-state index contributed by atoms with van der Waals surface area (Å²) in [5, 5.41) is 30.2. The second-order valence-electron chi connectivity index (χ2n) is 20.6. The molecule has 0 radical (unpaired) electrons. The van der Waals surface area contributed by atoms with Gasteiger partial charge in [-0.15, -0.1) is 0 Å². The van der Waals surface area contributed by atoms with Crippen molar-refractivity contribution < 1.29 is 8.38 Å². The van der Waals surface area contributed by atoms with Gasteiger partial charge >= 0.3 is 473 Å². The molecule has 18 aromatic rings. The number of benzene rings is 16. The summed E-state index contributed by atoms with van der Waals surface area (Å²) in [6, 6.07) is 87.4. The Morgan fingerprint density at radius 2 is 0.667 bits per heavy atom. The van der Waals surface area contributed by atoms with Gasteiger partial charge in [0.05, 0.1) is 0 Å². The molecule has 4 heterocycles. The summed E-state index contributed by atoms with van der Waals surface area (Å²) >= 11 is -3.26. The van der Waals surface area contributed by atoms with E-state index in [9.17, 15) is 8.38 Å². The number of hydrogen-bond donors (Lipinski definition) is 2. The molecule has 6 heteroatoms. The average Bonchev–Trinajstić information content (AvgIpc) is 4.41. The summed E-state index contributed by atoms with van der Waals surface area (Å²) in [7, 11) is 0. The van der Waals surface area contributed by atoms with Crippen LogP contribution in [0.2, 0.25) is 0 Å². The zero-order chi connectivity index (χ0) is 51.3. The molecule has 368 valence electrons. The number of hydrogen-bond acceptors (Lipinski definition) is 2. The van der Waals surface area contributed by atoms with Crippen molar-refractivity contribution in [2.45, 2.75) is 0 Å². The van der Waals surface area contributed by atoms with Crippen molar-refractivity contribution in [1.82, 2.24) is 0 Å². The first-order chi connectivity index (χ1) is 38.6. The molecule has 16 aromatic carbocycles. The first-order valence-electron chi connectivity index (χ1n) is 26.4. The van der Waals surface area contributed by atoms with Crippen LogP contribution in [0.3, 0.4) is 0 Å². The van der Waals surface area contributed by atoms with Crippen LogP contribution < -0.4 is 17.8 Å². The van der Waals surface area contributed by atoms with Crippen molar-refractivity contribution in [1.29, 1.82) is 0 Å². The Balaban J connectivity index is 0.0000000844. The predicted molar refractivity (Wildman–Crippen MR) is 343 cm³/mol. The quantitative estimate of drug-likeness (QED) is 0.0902. The van der Waals surface area contributed by atoms with Gasteiger partial charge in [-0.25, -0.2) is 0 Å². The Kier molecular flexibility index (Phi) is 10.3. The van der Waals surface area contributed by atoms with Crippen molar-refractivity contribution in [3.8, 4) is 11.1 Å². The number of rotatable bonds is 0. The molecule has 2 nitrogen and oxygen atoms in total. The molecule has 2 aliphatic heterocycles. The first kappa shape index (κ1) is 45.6. The van der Waals surface area contributed by atoms with E-state index in [2.05, 4.69) is 218 Å². The Morgan fingerprint density at radius 1 is 0.231 bits per heavy atom. The van der Waals surface area contributed by atoms with Gasteiger partial charge < -0.3 is 0 Å². The SMILES string of the molecule is O[SeH]1c2ccc3cccc4c5cccc6ccc1c(c2c34)c65.O[SeH]1c2ccccc2-c2ccc3ccccc3c21.c1cc2ccc3[se]c4ccc5cccc6c(c1)c2c3c4c56.c1ccc2c(c1)ccc1c3ccccc3[se]c21. The molecule has 1 unspecified atom stereocenters. The van der Waals surface area contributed by atoms with E-state index in [-0.39, 0.29) is 0 Å². The molecular formula is C72H44O2Se4. The molecule has 20 rings (SSSR count). The summed E-state index contributed by atoms with van der Waals surface area (Å²) in [6.45, 7) is 0. The van der Waals surface area contributed by atoms with Crippen molar-refractivity contribution in [3.05, 3.63) is 243 Å². The zero-order valence-electron chi connectivity index (χ0n) is 41.7. The number of fused-ring (bicyclic) bond motifs is 12. The van der Waals surface area contributed by atoms with Crippen LogP contribution in [0.25, 0.3) is 147 Å². The van der Waals surface area contributed by atoms with E-state index in [4.69, 9.17) is 0 Å². The third kappa shape index (κ3) is 6.57. The van der Waals surface area contributed by atoms with Gasteiger partial charge in [0.25, 0.3) is 0 Å².